The standard InChI is InChI=1S/C19H16N2O2/c22-19(13-5-6-13)21-14-7-9-15(10-8-14)23-18-11-12-20-17-4-2-1-3-16(17)18/h1-4,7-13H,5-6H2,(H,21,22). The fourth-order valence-electron chi connectivity index (χ4n) is 2.48. The van der Waals surface area contributed by atoms with Crippen LogP contribution in [-0.4, -0.2) is 10.9 Å². The van der Waals surface area contributed by atoms with Crippen LogP contribution >= 0.6 is 0 Å². The maximum Gasteiger partial charge on any atom is 0.227 e. The maximum atomic E-state index is 11.7. The number of pyridine rings is 1. The number of nitrogens with zero attached hydrogens (tertiary/aromatic N) is 1. The Morgan fingerprint density at radius 1 is 1.04 bits per heavy atom. The zero-order chi connectivity index (χ0) is 15.6. The predicted molar refractivity (Wildman–Crippen MR) is 89.6 cm³/mol. The van der Waals surface area contributed by atoms with E-state index in [1.54, 1.807) is 6.20 Å². The van der Waals surface area contributed by atoms with Gasteiger partial charge in [-0.05, 0) is 55.3 Å². The third kappa shape index (κ3) is 3.01. The second-order valence-electron chi connectivity index (χ2n) is 5.72. The average Bonchev–Trinajstić information content (AvgIpc) is 3.42. The normalized spacial score (nSPS) is 13.7. The topological polar surface area (TPSA) is 51.2 Å². The lowest BCUT2D eigenvalue weighted by atomic mass is 10.2. The minimum atomic E-state index is 0.110. The fourth-order valence-corrected chi connectivity index (χ4v) is 2.48. The molecule has 2 aromatic carbocycles. The summed E-state index contributed by atoms with van der Waals surface area (Å²) in [7, 11) is 0. The van der Waals surface area contributed by atoms with Gasteiger partial charge in [0.05, 0.1) is 5.52 Å². The number of fused-ring (bicyclic) bond motifs is 1. The number of nitrogens with one attached hydrogen (secondary N) is 1. The number of carbonyl (C=O) groups excluding carboxylic acids is 1. The summed E-state index contributed by atoms with van der Waals surface area (Å²) in [5.41, 5.74) is 1.70. The Morgan fingerprint density at radius 2 is 1.83 bits per heavy atom. The Morgan fingerprint density at radius 3 is 2.61 bits per heavy atom. The van der Waals surface area contributed by atoms with E-state index in [0.717, 1.165) is 40.9 Å². The van der Waals surface area contributed by atoms with Gasteiger partial charge in [0.2, 0.25) is 5.91 Å². The first-order valence-electron chi connectivity index (χ1n) is 7.72. The van der Waals surface area contributed by atoms with Crippen molar-refractivity contribution in [1.29, 1.82) is 0 Å². The number of amides is 1. The predicted octanol–water partition coefficient (Wildman–Crippen LogP) is 4.38. The molecule has 4 rings (SSSR count). The molecule has 114 valence electrons. The van der Waals surface area contributed by atoms with E-state index >= 15 is 0 Å². The van der Waals surface area contributed by atoms with Gasteiger partial charge in [-0.25, -0.2) is 0 Å². The fraction of sp³-hybridized carbons (Fsp3) is 0.158. The van der Waals surface area contributed by atoms with Crippen molar-refractivity contribution in [3.05, 3.63) is 60.8 Å². The highest BCUT2D eigenvalue weighted by atomic mass is 16.5. The lowest BCUT2D eigenvalue weighted by molar-refractivity contribution is -0.117. The molecular formula is C19H16N2O2. The molecule has 1 aliphatic rings. The second-order valence-corrected chi connectivity index (χ2v) is 5.72. The highest BCUT2D eigenvalue weighted by molar-refractivity contribution is 5.94. The van der Waals surface area contributed by atoms with Crippen LogP contribution in [0.2, 0.25) is 0 Å². The van der Waals surface area contributed by atoms with Crippen LogP contribution in [0.15, 0.2) is 60.8 Å². The van der Waals surface area contributed by atoms with E-state index in [-0.39, 0.29) is 11.8 Å². The van der Waals surface area contributed by atoms with E-state index in [1.165, 1.54) is 0 Å². The first kappa shape index (κ1) is 13.8. The van der Waals surface area contributed by atoms with Crippen molar-refractivity contribution < 1.29 is 9.53 Å². The summed E-state index contributed by atoms with van der Waals surface area (Å²) >= 11 is 0. The van der Waals surface area contributed by atoms with Gasteiger partial charge in [-0.15, -0.1) is 0 Å². The van der Waals surface area contributed by atoms with Gasteiger partial charge in [0, 0.05) is 23.2 Å². The number of carbonyl (C=O) groups is 1. The van der Waals surface area contributed by atoms with Crippen molar-refractivity contribution in [3.63, 3.8) is 0 Å². The number of rotatable bonds is 4. The van der Waals surface area contributed by atoms with Gasteiger partial charge in [0.25, 0.3) is 0 Å². The van der Waals surface area contributed by atoms with Crippen LogP contribution in [0.5, 0.6) is 11.5 Å². The van der Waals surface area contributed by atoms with E-state index in [0.29, 0.717) is 0 Å². The van der Waals surface area contributed by atoms with Gasteiger partial charge in [-0.1, -0.05) is 12.1 Å². The van der Waals surface area contributed by atoms with E-state index in [9.17, 15) is 4.79 Å². The smallest absolute Gasteiger partial charge is 0.227 e. The molecule has 0 aliphatic heterocycles. The van der Waals surface area contributed by atoms with Crippen molar-refractivity contribution in [2.75, 3.05) is 5.32 Å². The van der Waals surface area contributed by atoms with Crippen molar-refractivity contribution in [1.82, 2.24) is 4.98 Å². The summed E-state index contributed by atoms with van der Waals surface area (Å²) in [5.74, 6) is 1.81. The van der Waals surface area contributed by atoms with Crippen LogP contribution in [0, 0.1) is 5.92 Å². The van der Waals surface area contributed by atoms with Crippen molar-refractivity contribution in [2.45, 2.75) is 12.8 Å². The second kappa shape index (κ2) is 5.72. The number of anilines is 1. The monoisotopic (exact) mass is 304 g/mol. The Kier molecular flexibility index (Phi) is 3.42. The van der Waals surface area contributed by atoms with E-state index < -0.39 is 0 Å². The summed E-state index contributed by atoms with van der Waals surface area (Å²) in [6.07, 6.45) is 3.74. The molecule has 0 saturated heterocycles. The Labute approximate surface area is 134 Å². The zero-order valence-corrected chi connectivity index (χ0v) is 12.5. The molecule has 4 heteroatoms. The first-order chi connectivity index (χ1) is 11.3. The van der Waals surface area contributed by atoms with Crippen molar-refractivity contribution >= 4 is 22.5 Å². The van der Waals surface area contributed by atoms with Crippen LogP contribution in [0.4, 0.5) is 5.69 Å². The first-order valence-corrected chi connectivity index (χ1v) is 7.72. The molecule has 1 aromatic heterocycles. The summed E-state index contributed by atoms with van der Waals surface area (Å²) in [6, 6.07) is 17.2. The lowest BCUT2D eigenvalue weighted by Gasteiger charge is -2.09. The molecule has 0 bridgehead atoms. The summed E-state index contributed by atoms with van der Waals surface area (Å²) in [5, 5.41) is 3.89. The number of hydrogen-bond acceptors (Lipinski definition) is 3. The quantitative estimate of drug-likeness (QED) is 0.778. The molecule has 0 atom stereocenters. The van der Waals surface area contributed by atoms with E-state index in [2.05, 4.69) is 10.3 Å². The van der Waals surface area contributed by atoms with Gasteiger partial charge in [-0.2, -0.15) is 0 Å². The van der Waals surface area contributed by atoms with Crippen LogP contribution in [0.3, 0.4) is 0 Å². The highest BCUT2D eigenvalue weighted by Gasteiger charge is 2.29. The zero-order valence-electron chi connectivity index (χ0n) is 12.5. The summed E-state index contributed by atoms with van der Waals surface area (Å²) < 4.78 is 5.96. The Bertz CT molecular complexity index is 849. The van der Waals surface area contributed by atoms with E-state index in [4.69, 9.17) is 4.74 Å². The lowest BCUT2D eigenvalue weighted by Crippen LogP contribution is -2.12. The molecule has 0 unspecified atom stereocenters. The van der Waals surface area contributed by atoms with Gasteiger partial charge in [-0.3, -0.25) is 9.78 Å². The molecular weight excluding hydrogens is 288 g/mol. The van der Waals surface area contributed by atoms with Crippen LogP contribution in [0.25, 0.3) is 10.9 Å². The molecule has 1 saturated carbocycles. The number of para-hydroxylation sites is 1. The number of hydrogen-bond donors (Lipinski definition) is 1. The highest BCUT2D eigenvalue weighted by Crippen LogP contribution is 2.31. The van der Waals surface area contributed by atoms with Crippen LogP contribution in [0.1, 0.15) is 12.8 Å². The SMILES string of the molecule is O=C(Nc1ccc(Oc2ccnc3ccccc23)cc1)C1CC1. The Balaban J connectivity index is 1.53. The van der Waals surface area contributed by atoms with Gasteiger partial charge in [0.15, 0.2) is 0 Å². The maximum absolute atomic E-state index is 11.7. The Hall–Kier alpha value is -2.88. The van der Waals surface area contributed by atoms with E-state index in [1.807, 2.05) is 54.6 Å². The van der Waals surface area contributed by atoms with Crippen molar-refractivity contribution in [2.24, 2.45) is 5.92 Å². The third-order valence-electron chi connectivity index (χ3n) is 3.91. The van der Waals surface area contributed by atoms with Gasteiger partial charge < -0.3 is 10.1 Å². The minimum absolute atomic E-state index is 0.110. The summed E-state index contributed by atoms with van der Waals surface area (Å²) in [4.78, 5) is 16.1. The van der Waals surface area contributed by atoms with Crippen LogP contribution in [-0.2, 0) is 4.79 Å². The minimum Gasteiger partial charge on any atom is -0.457 e. The molecule has 1 fully saturated rings. The average molecular weight is 304 g/mol. The molecule has 3 aromatic rings. The summed E-state index contributed by atoms with van der Waals surface area (Å²) in [6.45, 7) is 0. The largest absolute Gasteiger partial charge is 0.457 e. The molecule has 0 radical (unpaired) electrons. The number of benzene rings is 2. The van der Waals surface area contributed by atoms with Gasteiger partial charge in [0.1, 0.15) is 11.5 Å². The van der Waals surface area contributed by atoms with Crippen LogP contribution < -0.4 is 10.1 Å². The molecule has 1 N–H and O–H groups in total. The number of aromatic nitrogens is 1. The molecule has 4 nitrogen and oxygen atoms in total. The third-order valence-corrected chi connectivity index (χ3v) is 3.91. The molecule has 1 heterocycles. The molecule has 1 aliphatic carbocycles. The molecule has 1 amide bonds. The van der Waals surface area contributed by atoms with Crippen molar-refractivity contribution in [3.8, 4) is 11.5 Å². The molecule has 23 heavy (non-hydrogen) atoms. The van der Waals surface area contributed by atoms with Gasteiger partial charge >= 0.3 is 0 Å². The molecule has 0 spiro atoms. The number of ether oxygens (including phenoxy) is 1.